The summed E-state index contributed by atoms with van der Waals surface area (Å²) in [5.74, 6) is 0.275. The molecule has 100 valence electrons. The smallest absolute Gasteiger partial charge is 0.123 e. The van der Waals surface area contributed by atoms with Crippen molar-refractivity contribution in [3.63, 3.8) is 0 Å². The van der Waals surface area contributed by atoms with E-state index in [4.69, 9.17) is 0 Å². The Kier molecular flexibility index (Phi) is 6.70. The number of rotatable bonds is 6. The third-order valence-corrected chi connectivity index (χ3v) is 3.54. The van der Waals surface area contributed by atoms with E-state index in [1.165, 1.54) is 16.7 Å². The van der Waals surface area contributed by atoms with Gasteiger partial charge in [0.05, 0.1) is 0 Å². The van der Waals surface area contributed by atoms with Crippen LogP contribution in [0.2, 0.25) is 0 Å². The fourth-order valence-electron chi connectivity index (χ4n) is 2.21. The van der Waals surface area contributed by atoms with Crippen molar-refractivity contribution in [2.45, 2.75) is 59.3 Å². The maximum atomic E-state index is 10.7. The molecule has 0 N–H and O–H groups in total. The van der Waals surface area contributed by atoms with Crippen LogP contribution < -0.4 is 0 Å². The van der Waals surface area contributed by atoms with Crippen LogP contribution in [0.5, 0.6) is 0 Å². The molecule has 0 fully saturated rings. The van der Waals surface area contributed by atoms with E-state index in [9.17, 15) is 4.79 Å². The van der Waals surface area contributed by atoms with Crippen LogP contribution in [-0.2, 0) is 4.79 Å². The molecule has 18 heavy (non-hydrogen) atoms. The van der Waals surface area contributed by atoms with Crippen LogP contribution in [0.1, 0.15) is 59.3 Å². The molecular formula is C17H26O. The van der Waals surface area contributed by atoms with E-state index < -0.39 is 0 Å². The molecule has 0 saturated heterocycles. The molecule has 0 spiro atoms. The lowest BCUT2D eigenvalue weighted by molar-refractivity contribution is -0.111. The predicted octanol–water partition coefficient (Wildman–Crippen LogP) is 4.99. The number of hydrogen-bond donors (Lipinski definition) is 0. The first-order chi connectivity index (χ1) is 8.61. The molecule has 0 aliphatic heterocycles. The van der Waals surface area contributed by atoms with Gasteiger partial charge in [-0.2, -0.15) is 0 Å². The van der Waals surface area contributed by atoms with Crippen LogP contribution in [0.15, 0.2) is 34.9 Å². The molecule has 0 aromatic rings. The summed E-state index contributed by atoms with van der Waals surface area (Å²) in [5, 5.41) is 0. The van der Waals surface area contributed by atoms with Gasteiger partial charge >= 0.3 is 0 Å². The lowest BCUT2D eigenvalue weighted by Crippen LogP contribution is -2.06. The molecule has 1 aliphatic carbocycles. The fraction of sp³-hybridized carbons (Fsp3) is 0.588. The molecule has 0 bridgehead atoms. The van der Waals surface area contributed by atoms with Crippen molar-refractivity contribution in [2.75, 3.05) is 0 Å². The molecule has 0 amide bonds. The maximum absolute atomic E-state index is 10.7. The van der Waals surface area contributed by atoms with Crippen molar-refractivity contribution in [1.29, 1.82) is 0 Å². The largest absolute Gasteiger partial charge is 0.303 e. The first-order valence-electron chi connectivity index (χ1n) is 7.04. The Hall–Kier alpha value is -1.11. The summed E-state index contributed by atoms with van der Waals surface area (Å²) in [4.78, 5) is 10.7. The van der Waals surface area contributed by atoms with E-state index in [1.807, 2.05) is 0 Å². The number of allylic oxidation sites excluding steroid dienone is 6. The van der Waals surface area contributed by atoms with E-state index in [0.29, 0.717) is 0 Å². The van der Waals surface area contributed by atoms with Gasteiger partial charge in [0.25, 0.3) is 0 Å². The Balaban J connectivity index is 2.33. The van der Waals surface area contributed by atoms with Crippen LogP contribution in [0.4, 0.5) is 0 Å². The maximum Gasteiger partial charge on any atom is 0.123 e. The molecule has 0 saturated carbocycles. The fourth-order valence-corrected chi connectivity index (χ4v) is 2.21. The summed E-state index contributed by atoms with van der Waals surface area (Å²) in [6, 6.07) is 0. The zero-order chi connectivity index (χ0) is 13.4. The molecule has 1 unspecified atom stereocenters. The van der Waals surface area contributed by atoms with Crippen molar-refractivity contribution in [3.8, 4) is 0 Å². The van der Waals surface area contributed by atoms with Gasteiger partial charge in [0.2, 0.25) is 0 Å². The summed E-state index contributed by atoms with van der Waals surface area (Å²) in [7, 11) is 0. The van der Waals surface area contributed by atoms with Crippen molar-refractivity contribution < 1.29 is 4.79 Å². The predicted molar refractivity (Wildman–Crippen MR) is 78.5 cm³/mol. The molecule has 0 aromatic heterocycles. The van der Waals surface area contributed by atoms with Crippen LogP contribution in [0.3, 0.4) is 0 Å². The topological polar surface area (TPSA) is 17.1 Å². The molecule has 0 radical (unpaired) electrons. The van der Waals surface area contributed by atoms with Gasteiger partial charge in [-0.1, -0.05) is 34.9 Å². The van der Waals surface area contributed by atoms with Gasteiger partial charge in [-0.05, 0) is 59.3 Å². The van der Waals surface area contributed by atoms with Gasteiger partial charge < -0.3 is 4.79 Å². The zero-order valence-electron chi connectivity index (χ0n) is 12.0. The van der Waals surface area contributed by atoms with E-state index >= 15 is 0 Å². The summed E-state index contributed by atoms with van der Waals surface area (Å²) >= 11 is 0. The Morgan fingerprint density at radius 3 is 2.67 bits per heavy atom. The quantitative estimate of drug-likeness (QED) is 0.476. The Labute approximate surface area is 112 Å². The zero-order valence-corrected chi connectivity index (χ0v) is 12.0. The average Bonchev–Trinajstić information content (AvgIpc) is 2.36. The summed E-state index contributed by atoms with van der Waals surface area (Å²) in [6.07, 6.45) is 14.5. The standard InChI is InChI=1S/C17H26O/c1-14(2)5-4-6-15(3)7-8-16-9-11-17(13-18)12-10-16/h5,7,9,13,17H,4,6,8,10-12H2,1-3H3. The van der Waals surface area contributed by atoms with E-state index in [-0.39, 0.29) is 5.92 Å². The van der Waals surface area contributed by atoms with Gasteiger partial charge in [-0.25, -0.2) is 0 Å². The highest BCUT2D eigenvalue weighted by molar-refractivity contribution is 5.54. The van der Waals surface area contributed by atoms with Gasteiger partial charge in [-0.15, -0.1) is 0 Å². The highest BCUT2D eigenvalue weighted by Gasteiger charge is 2.12. The summed E-state index contributed by atoms with van der Waals surface area (Å²) in [6.45, 7) is 6.52. The van der Waals surface area contributed by atoms with Crippen LogP contribution in [-0.4, -0.2) is 6.29 Å². The number of aldehydes is 1. The van der Waals surface area contributed by atoms with Crippen molar-refractivity contribution in [1.82, 2.24) is 0 Å². The lowest BCUT2D eigenvalue weighted by atomic mass is 9.89. The first kappa shape index (κ1) is 14.9. The minimum Gasteiger partial charge on any atom is -0.303 e. The van der Waals surface area contributed by atoms with Crippen molar-refractivity contribution in [2.24, 2.45) is 5.92 Å². The van der Waals surface area contributed by atoms with Crippen molar-refractivity contribution in [3.05, 3.63) is 34.9 Å². The Bertz CT molecular complexity index is 354. The van der Waals surface area contributed by atoms with Gasteiger partial charge in [0.1, 0.15) is 6.29 Å². The molecule has 1 rings (SSSR count). The number of hydrogen-bond acceptors (Lipinski definition) is 1. The summed E-state index contributed by atoms with van der Waals surface area (Å²) < 4.78 is 0. The number of carbonyl (C=O) groups excluding carboxylic acids is 1. The third kappa shape index (κ3) is 6.00. The molecular weight excluding hydrogens is 220 g/mol. The second-order valence-corrected chi connectivity index (χ2v) is 5.61. The first-order valence-corrected chi connectivity index (χ1v) is 7.04. The van der Waals surface area contributed by atoms with E-state index in [2.05, 4.69) is 39.0 Å². The molecule has 0 aromatic carbocycles. The van der Waals surface area contributed by atoms with Crippen LogP contribution >= 0.6 is 0 Å². The van der Waals surface area contributed by atoms with E-state index in [1.54, 1.807) is 0 Å². The minimum absolute atomic E-state index is 0.275. The SMILES string of the molecule is CC(C)=CCCC(C)=CCC1=CCC(C=O)CC1. The van der Waals surface area contributed by atoms with E-state index in [0.717, 1.165) is 44.8 Å². The highest BCUT2D eigenvalue weighted by atomic mass is 16.1. The molecule has 1 nitrogen and oxygen atoms in total. The Morgan fingerprint density at radius 2 is 2.11 bits per heavy atom. The lowest BCUT2D eigenvalue weighted by Gasteiger charge is -2.16. The summed E-state index contributed by atoms with van der Waals surface area (Å²) in [5.41, 5.74) is 4.39. The minimum atomic E-state index is 0.275. The second-order valence-electron chi connectivity index (χ2n) is 5.61. The monoisotopic (exact) mass is 246 g/mol. The van der Waals surface area contributed by atoms with Crippen LogP contribution in [0, 0.1) is 5.92 Å². The number of carbonyl (C=O) groups is 1. The molecule has 1 atom stereocenters. The molecule has 0 heterocycles. The van der Waals surface area contributed by atoms with Gasteiger partial charge in [0, 0.05) is 5.92 Å². The van der Waals surface area contributed by atoms with Crippen molar-refractivity contribution >= 4 is 6.29 Å². The van der Waals surface area contributed by atoms with Crippen LogP contribution in [0.25, 0.3) is 0 Å². The van der Waals surface area contributed by atoms with Gasteiger partial charge in [-0.3, -0.25) is 0 Å². The van der Waals surface area contributed by atoms with Gasteiger partial charge in [0.15, 0.2) is 0 Å². The normalized spacial score (nSPS) is 20.3. The second kappa shape index (κ2) is 8.07. The third-order valence-electron chi connectivity index (χ3n) is 3.54. The molecule has 1 heteroatoms. The highest BCUT2D eigenvalue weighted by Crippen LogP contribution is 2.25. The Morgan fingerprint density at radius 1 is 1.33 bits per heavy atom. The average molecular weight is 246 g/mol. The molecule has 1 aliphatic rings.